The number of aryl methyl sites for hydroxylation is 3. The number of likely N-dealkylation sites (tertiary alicyclic amines) is 3. The number of rotatable bonds is 27. The summed E-state index contributed by atoms with van der Waals surface area (Å²) in [5.41, 5.74) is 18.3. The zero-order chi connectivity index (χ0) is 93.7. The number of hydrogen-bond donors (Lipinski definition) is 0. The van der Waals surface area contributed by atoms with Crippen molar-refractivity contribution in [3.8, 4) is 0 Å². The number of fused-ring (bicyclic) bond motifs is 15. The zero-order valence-corrected chi connectivity index (χ0v) is 79.5. The highest BCUT2D eigenvalue weighted by molar-refractivity contribution is 6.18. The van der Waals surface area contributed by atoms with E-state index >= 15 is 0 Å². The summed E-state index contributed by atoms with van der Waals surface area (Å²) >= 11 is 0. The maximum Gasteiger partial charge on any atom is 0.159 e. The van der Waals surface area contributed by atoms with Gasteiger partial charge in [0.2, 0.25) is 0 Å². The monoisotopic (exact) mass is 1840 g/mol. The van der Waals surface area contributed by atoms with Gasteiger partial charge >= 0.3 is 0 Å². The van der Waals surface area contributed by atoms with Crippen molar-refractivity contribution >= 4 is 167 Å². The first-order chi connectivity index (χ1) is 62.7. The number of carbonyl (C=O) groups is 10. The first-order valence-electron chi connectivity index (χ1n) is 46.6. The minimum absolute atomic E-state index is 0. The van der Waals surface area contributed by atoms with Crippen LogP contribution in [0.2, 0.25) is 0 Å². The third-order valence-corrected chi connectivity index (χ3v) is 27.7. The first-order valence-corrected chi connectivity index (χ1v) is 46.6. The summed E-state index contributed by atoms with van der Waals surface area (Å²) in [6.07, 6.45) is 10.8. The Bertz CT molecular complexity index is 6470. The van der Waals surface area contributed by atoms with E-state index in [1.165, 1.54) is 51.6 Å². The van der Waals surface area contributed by atoms with Gasteiger partial charge in [0.1, 0.15) is 0 Å². The molecule has 3 atom stereocenters. The van der Waals surface area contributed by atoms with Gasteiger partial charge < -0.3 is 47.3 Å². The standard InChI is InChI=1S/2C23H26N2O2.C22H24N2O2.C22H26N2O2.C21H24N2O2.5CH4/c2*1-15(26)17-6-8-22-20(13-17)21-14-18(16(2)27)7-9-23(21)25(22)12-10-19-5-4-11-24(19)3;1-14(25)16-6-8-21-19(11-16)20-12-17(15(2)26)7-9-22(20)24(21)13-18-5-4-10-23(18)3;1-5-23(6-2)11-12-24-21-9-7-17(15(3)25)13-19(21)20-14-18(16(4)26)8-10-22(20)24;1-14(24)16-6-8-20-18(12-16)19-13-17(15(2)25)7-9-21(19)23(20)11-5-10-22(3)4;;;;;/h2*6-9,13-14,19H,4-5,10-12H2,1-3H3;6-9,11-12,18H,4-5,10,13H2,1-3H3;7-10,13-14H,5-6,11-12H2,1-4H3;6-9,12-13H,5,10-11H2,1-4H3;5*1H4. The Balaban J connectivity index is 0.000000189. The van der Waals surface area contributed by atoms with Gasteiger partial charge in [0.25, 0.3) is 0 Å². The van der Waals surface area contributed by atoms with Crippen LogP contribution in [0, 0.1) is 0 Å². The Morgan fingerprint density at radius 3 is 0.640 bits per heavy atom. The fourth-order valence-corrected chi connectivity index (χ4v) is 19.9. The summed E-state index contributed by atoms with van der Waals surface area (Å²) in [6.45, 7) is 32.4. The molecule has 0 amide bonds. The van der Waals surface area contributed by atoms with E-state index in [9.17, 15) is 47.9 Å². The minimum Gasteiger partial charge on any atom is -0.340 e. The maximum absolute atomic E-state index is 11.9. The van der Waals surface area contributed by atoms with E-state index in [2.05, 4.69) is 133 Å². The average molecular weight is 1840 g/mol. The molecule has 3 unspecified atom stereocenters. The summed E-state index contributed by atoms with van der Waals surface area (Å²) in [5.74, 6) is 0.591. The van der Waals surface area contributed by atoms with E-state index in [4.69, 9.17) is 0 Å². The van der Waals surface area contributed by atoms with Crippen LogP contribution in [0.1, 0.15) is 282 Å². The molecule has 20 heteroatoms. The van der Waals surface area contributed by atoms with Crippen LogP contribution in [0.5, 0.6) is 0 Å². The highest BCUT2D eigenvalue weighted by Gasteiger charge is 2.28. The smallest absolute Gasteiger partial charge is 0.159 e. The van der Waals surface area contributed by atoms with Crippen molar-refractivity contribution < 1.29 is 47.9 Å². The number of aromatic nitrogens is 5. The molecule has 5 aromatic heterocycles. The number of Topliss-reactive ketones (excluding diaryl/α,β-unsaturated/α-hetero) is 10. The summed E-state index contributed by atoms with van der Waals surface area (Å²) in [4.78, 5) is 130. The Labute approximate surface area is 804 Å². The molecule has 3 fully saturated rings. The second kappa shape index (κ2) is 46.5. The van der Waals surface area contributed by atoms with Crippen molar-refractivity contribution in [3.63, 3.8) is 0 Å². The quantitative estimate of drug-likeness (QED) is 0.0438. The zero-order valence-electron chi connectivity index (χ0n) is 79.5. The minimum atomic E-state index is 0. The molecular weight excluding hydrogens is 1690 g/mol. The molecule has 18 rings (SSSR count). The van der Waals surface area contributed by atoms with Crippen molar-refractivity contribution in [2.45, 2.75) is 229 Å². The Kier molecular flexibility index (Phi) is 36.7. The Morgan fingerprint density at radius 2 is 0.456 bits per heavy atom. The van der Waals surface area contributed by atoms with E-state index in [-0.39, 0.29) is 95.0 Å². The van der Waals surface area contributed by atoms with E-state index in [1.54, 1.807) is 69.2 Å². The molecular formula is C116H146N10O10. The molecule has 0 aliphatic carbocycles. The van der Waals surface area contributed by atoms with Crippen LogP contribution in [-0.2, 0) is 32.7 Å². The third-order valence-electron chi connectivity index (χ3n) is 27.7. The second-order valence-electron chi connectivity index (χ2n) is 36.7. The van der Waals surface area contributed by atoms with Gasteiger partial charge in [0.05, 0.1) is 0 Å². The van der Waals surface area contributed by atoms with Gasteiger partial charge in [-0.25, -0.2) is 0 Å². The lowest BCUT2D eigenvalue weighted by Crippen LogP contribution is -2.29. The maximum atomic E-state index is 11.9. The van der Waals surface area contributed by atoms with Crippen molar-refractivity contribution in [2.75, 3.05) is 81.1 Å². The first kappa shape index (κ1) is 107. The largest absolute Gasteiger partial charge is 0.340 e. The molecule has 3 saturated heterocycles. The lowest BCUT2D eigenvalue weighted by atomic mass is 10.0. The lowest BCUT2D eigenvalue weighted by Gasteiger charge is -2.21. The van der Waals surface area contributed by atoms with Crippen molar-refractivity contribution in [1.29, 1.82) is 0 Å². The highest BCUT2D eigenvalue weighted by atomic mass is 16.2. The van der Waals surface area contributed by atoms with Crippen molar-refractivity contribution in [1.82, 2.24) is 47.3 Å². The SMILES string of the molecule is C.C.C.C.C.CC(=O)c1ccc2c(c1)c1cc(C(C)=O)ccc1n2CC1CCCN1C.CC(=O)c1ccc2c(c1)c1cc(C(C)=O)ccc1n2CCC1CCCN1C.CC(=O)c1ccc2c(c1)c1cc(C(C)=O)ccc1n2CCC1CCCN1C.CC(=O)c1ccc2c(c1)c1cc(C(C)=O)ccc1n2CCCN(C)C.CCN(CC)CCn1c2ccc(C(C)=O)cc2c2cc(C(C)=O)ccc21. The van der Waals surface area contributed by atoms with E-state index in [0.717, 1.165) is 194 Å². The molecule has 20 nitrogen and oxygen atoms in total. The molecule has 0 spiro atoms. The average Bonchev–Trinajstić information content (AvgIpc) is 1.66. The summed E-state index contributed by atoms with van der Waals surface area (Å²) in [5, 5.41) is 10.5. The van der Waals surface area contributed by atoms with Gasteiger partial charge in [-0.3, -0.25) is 47.9 Å². The van der Waals surface area contributed by atoms with E-state index in [1.807, 2.05) is 146 Å². The van der Waals surface area contributed by atoms with Gasteiger partial charge in [-0.2, -0.15) is 0 Å². The number of hydrogen-bond acceptors (Lipinski definition) is 15. The van der Waals surface area contributed by atoms with E-state index < -0.39 is 0 Å². The van der Waals surface area contributed by atoms with Crippen LogP contribution in [0.4, 0.5) is 0 Å². The molecule has 8 heterocycles. The topological polar surface area (TPSA) is 212 Å². The number of ketones is 10. The number of likely N-dealkylation sites (N-methyl/N-ethyl adjacent to an activating group) is 2. The summed E-state index contributed by atoms with van der Waals surface area (Å²) < 4.78 is 11.7. The van der Waals surface area contributed by atoms with Gasteiger partial charge in [-0.05, 0) is 384 Å². The summed E-state index contributed by atoms with van der Waals surface area (Å²) in [7, 11) is 10.8. The predicted octanol–water partition coefficient (Wildman–Crippen LogP) is 25.5. The fourth-order valence-electron chi connectivity index (χ4n) is 19.9. The molecule has 0 N–H and O–H groups in total. The predicted molar refractivity (Wildman–Crippen MR) is 568 cm³/mol. The Morgan fingerprint density at radius 1 is 0.265 bits per heavy atom. The normalized spacial score (nSPS) is 14.9. The van der Waals surface area contributed by atoms with Crippen molar-refractivity contribution in [3.05, 3.63) is 238 Å². The second-order valence-corrected chi connectivity index (χ2v) is 36.7. The van der Waals surface area contributed by atoms with Gasteiger partial charge in [-0.15, -0.1) is 0 Å². The molecule has 3 aliphatic heterocycles. The molecule has 0 radical (unpaired) electrons. The van der Waals surface area contributed by atoms with Crippen LogP contribution in [-0.4, -0.2) is 204 Å². The fraction of sp³-hybridized carbons (Fsp3) is 0.397. The Hall–Kier alpha value is -12.3. The number of carbonyl (C=O) groups excluding carboxylic acids is 10. The van der Waals surface area contributed by atoms with Crippen LogP contribution < -0.4 is 0 Å². The van der Waals surface area contributed by atoms with Crippen molar-refractivity contribution in [2.24, 2.45) is 0 Å². The molecule has 0 saturated carbocycles. The lowest BCUT2D eigenvalue weighted by molar-refractivity contribution is 0.100. The molecule has 720 valence electrons. The van der Waals surface area contributed by atoms with Crippen LogP contribution in [0.3, 0.4) is 0 Å². The summed E-state index contributed by atoms with van der Waals surface area (Å²) in [6, 6.07) is 60.9. The van der Waals surface area contributed by atoms with Gasteiger partial charge in [0, 0.05) is 222 Å². The number of nitrogens with zero attached hydrogens (tertiary/aromatic N) is 10. The van der Waals surface area contributed by atoms with Gasteiger partial charge in [-0.1, -0.05) is 51.0 Å². The van der Waals surface area contributed by atoms with E-state index in [0.29, 0.717) is 73.8 Å². The van der Waals surface area contributed by atoms with Gasteiger partial charge in [0.15, 0.2) is 57.8 Å². The highest BCUT2D eigenvalue weighted by Crippen LogP contribution is 2.39. The third kappa shape index (κ3) is 23.2. The molecule has 3 aliphatic rings. The van der Waals surface area contributed by atoms with Crippen LogP contribution in [0.15, 0.2) is 182 Å². The molecule has 0 bridgehead atoms. The molecule has 10 aromatic carbocycles. The molecule has 15 aromatic rings. The van der Waals surface area contributed by atoms with Crippen LogP contribution >= 0.6 is 0 Å². The number of benzene rings is 10. The van der Waals surface area contributed by atoms with Crippen LogP contribution in [0.25, 0.3) is 109 Å². The molecule has 136 heavy (non-hydrogen) atoms.